The lowest BCUT2D eigenvalue weighted by Gasteiger charge is -2.22. The van der Waals surface area contributed by atoms with E-state index >= 15 is 0 Å². The van der Waals surface area contributed by atoms with Crippen LogP contribution in [0.4, 0.5) is 0 Å². The number of halogens is 1. The molecule has 1 aliphatic rings. The van der Waals surface area contributed by atoms with Crippen LogP contribution in [-0.2, 0) is 11.3 Å². The van der Waals surface area contributed by atoms with Crippen LogP contribution in [0.3, 0.4) is 0 Å². The van der Waals surface area contributed by atoms with E-state index in [0.29, 0.717) is 6.54 Å². The third-order valence-corrected chi connectivity index (χ3v) is 3.79. The summed E-state index contributed by atoms with van der Waals surface area (Å²) in [5.41, 5.74) is 2.18. The van der Waals surface area contributed by atoms with E-state index in [-0.39, 0.29) is 11.9 Å². The van der Waals surface area contributed by atoms with Crippen molar-refractivity contribution >= 4 is 28.4 Å². The fourth-order valence-electron chi connectivity index (χ4n) is 2.50. The Morgan fingerprint density at radius 1 is 1.42 bits per heavy atom. The summed E-state index contributed by atoms with van der Waals surface area (Å²) in [6.45, 7) is 1.47. The van der Waals surface area contributed by atoms with E-state index in [1.54, 1.807) is 0 Å². The molecular formula is C14H16ClN3O. The van der Waals surface area contributed by atoms with Gasteiger partial charge in [0.15, 0.2) is 0 Å². The Bertz CT molecular complexity index is 608. The highest BCUT2D eigenvalue weighted by Crippen LogP contribution is 2.22. The van der Waals surface area contributed by atoms with Crippen molar-refractivity contribution in [2.75, 3.05) is 6.54 Å². The third kappa shape index (κ3) is 2.60. The summed E-state index contributed by atoms with van der Waals surface area (Å²) >= 11 is 5.96. The molecule has 3 rings (SSSR count). The maximum absolute atomic E-state index is 11.7. The molecule has 0 radical (unpaired) electrons. The van der Waals surface area contributed by atoms with Gasteiger partial charge in [-0.3, -0.25) is 4.79 Å². The van der Waals surface area contributed by atoms with Gasteiger partial charge in [0.1, 0.15) is 0 Å². The van der Waals surface area contributed by atoms with Gasteiger partial charge in [0, 0.05) is 35.2 Å². The molecule has 100 valence electrons. The summed E-state index contributed by atoms with van der Waals surface area (Å²) in [5.74, 6) is 0.106. The van der Waals surface area contributed by atoms with E-state index in [2.05, 4.69) is 15.6 Å². The number of aromatic nitrogens is 1. The van der Waals surface area contributed by atoms with Crippen molar-refractivity contribution in [3.8, 4) is 0 Å². The van der Waals surface area contributed by atoms with Crippen molar-refractivity contribution < 1.29 is 4.79 Å². The van der Waals surface area contributed by atoms with Gasteiger partial charge in [-0.15, -0.1) is 0 Å². The molecule has 0 saturated carbocycles. The Hall–Kier alpha value is -1.52. The predicted octanol–water partition coefficient (Wildman–Crippen LogP) is 2.19. The largest absolute Gasteiger partial charge is 0.361 e. The maximum atomic E-state index is 11.7. The molecule has 3 N–H and O–H groups in total. The molecule has 1 aromatic carbocycles. The highest BCUT2D eigenvalue weighted by molar-refractivity contribution is 6.31. The van der Waals surface area contributed by atoms with E-state index in [9.17, 15) is 4.79 Å². The first kappa shape index (κ1) is 12.5. The van der Waals surface area contributed by atoms with Gasteiger partial charge in [-0.2, -0.15) is 0 Å². The Kier molecular flexibility index (Phi) is 3.44. The molecule has 1 fully saturated rings. The Morgan fingerprint density at radius 2 is 2.32 bits per heavy atom. The van der Waals surface area contributed by atoms with Crippen LogP contribution in [0.25, 0.3) is 10.9 Å². The molecule has 19 heavy (non-hydrogen) atoms. The van der Waals surface area contributed by atoms with Crippen molar-refractivity contribution in [1.29, 1.82) is 0 Å². The van der Waals surface area contributed by atoms with E-state index in [4.69, 9.17) is 11.6 Å². The molecule has 2 heterocycles. The second kappa shape index (κ2) is 5.23. The number of nitrogens with one attached hydrogen (secondary N) is 3. The van der Waals surface area contributed by atoms with E-state index in [1.165, 1.54) is 0 Å². The van der Waals surface area contributed by atoms with Crippen LogP contribution in [0.15, 0.2) is 24.4 Å². The van der Waals surface area contributed by atoms with Gasteiger partial charge in [0.2, 0.25) is 5.91 Å². The average Bonchev–Trinajstić information content (AvgIpc) is 2.80. The Balaban J connectivity index is 1.73. The van der Waals surface area contributed by atoms with Crippen LogP contribution < -0.4 is 10.6 Å². The molecule has 1 atom stereocenters. The summed E-state index contributed by atoms with van der Waals surface area (Å²) < 4.78 is 0. The minimum Gasteiger partial charge on any atom is -0.361 e. The lowest BCUT2D eigenvalue weighted by molar-refractivity contribution is -0.124. The van der Waals surface area contributed by atoms with Gasteiger partial charge < -0.3 is 15.6 Å². The van der Waals surface area contributed by atoms with Gasteiger partial charge in [-0.25, -0.2) is 0 Å². The predicted molar refractivity (Wildman–Crippen MR) is 76.2 cm³/mol. The Morgan fingerprint density at radius 3 is 3.16 bits per heavy atom. The van der Waals surface area contributed by atoms with Crippen molar-refractivity contribution in [2.24, 2.45) is 0 Å². The topological polar surface area (TPSA) is 56.9 Å². The van der Waals surface area contributed by atoms with Gasteiger partial charge >= 0.3 is 0 Å². The molecule has 4 nitrogen and oxygen atoms in total. The first-order chi connectivity index (χ1) is 9.24. The van der Waals surface area contributed by atoms with Gasteiger partial charge in [-0.1, -0.05) is 17.7 Å². The quantitative estimate of drug-likeness (QED) is 0.805. The third-order valence-electron chi connectivity index (χ3n) is 3.55. The number of benzene rings is 1. The molecule has 1 unspecified atom stereocenters. The van der Waals surface area contributed by atoms with Crippen LogP contribution in [0.2, 0.25) is 5.02 Å². The van der Waals surface area contributed by atoms with E-state index < -0.39 is 0 Å². The number of rotatable bonds is 3. The van der Waals surface area contributed by atoms with Crippen molar-refractivity contribution in [3.05, 3.63) is 35.0 Å². The number of hydrogen-bond donors (Lipinski definition) is 3. The number of H-pyrrole nitrogens is 1. The molecule has 2 aromatic rings. The fraction of sp³-hybridized carbons (Fsp3) is 0.357. The first-order valence-corrected chi connectivity index (χ1v) is 6.88. The lowest BCUT2D eigenvalue weighted by Crippen LogP contribution is -2.47. The number of piperidine rings is 1. The van der Waals surface area contributed by atoms with Crippen LogP contribution in [0, 0.1) is 0 Å². The maximum Gasteiger partial charge on any atom is 0.237 e. The fourth-order valence-corrected chi connectivity index (χ4v) is 2.68. The molecule has 5 heteroatoms. The number of hydrogen-bond acceptors (Lipinski definition) is 2. The molecule has 0 spiro atoms. The smallest absolute Gasteiger partial charge is 0.237 e. The van der Waals surface area contributed by atoms with Crippen LogP contribution in [0.1, 0.15) is 18.4 Å². The number of amides is 1. The van der Waals surface area contributed by atoms with Crippen molar-refractivity contribution in [2.45, 2.75) is 25.4 Å². The lowest BCUT2D eigenvalue weighted by atomic mass is 10.1. The summed E-state index contributed by atoms with van der Waals surface area (Å²) in [5, 5.41) is 8.06. The normalized spacial score (nSPS) is 19.6. The zero-order valence-electron chi connectivity index (χ0n) is 10.5. The number of aromatic amines is 1. The minimum absolute atomic E-state index is 0.0778. The minimum atomic E-state index is -0.0778. The van der Waals surface area contributed by atoms with Gasteiger partial charge in [0.25, 0.3) is 0 Å². The second-order valence-electron chi connectivity index (χ2n) is 4.87. The van der Waals surface area contributed by atoms with Gasteiger partial charge in [-0.05, 0) is 30.5 Å². The van der Waals surface area contributed by atoms with Crippen molar-refractivity contribution in [3.63, 3.8) is 0 Å². The molecule has 0 bridgehead atoms. The monoisotopic (exact) mass is 277 g/mol. The highest BCUT2D eigenvalue weighted by Gasteiger charge is 2.21. The van der Waals surface area contributed by atoms with Gasteiger partial charge in [0.05, 0.1) is 6.04 Å². The van der Waals surface area contributed by atoms with Crippen LogP contribution in [0.5, 0.6) is 0 Å². The summed E-state index contributed by atoms with van der Waals surface area (Å²) in [7, 11) is 0. The van der Waals surface area contributed by atoms with E-state index in [1.807, 2.05) is 24.4 Å². The Labute approximate surface area is 116 Å². The standard InChI is InChI=1S/C14H16ClN3O/c15-10-3-4-11-9(8-18-13(11)6-10)7-17-12-2-1-5-16-14(12)19/h3-4,6,8,12,17-18H,1-2,5,7H2,(H,16,19). The molecule has 1 aromatic heterocycles. The van der Waals surface area contributed by atoms with Crippen LogP contribution >= 0.6 is 11.6 Å². The number of carbonyl (C=O) groups excluding carboxylic acids is 1. The average molecular weight is 278 g/mol. The second-order valence-corrected chi connectivity index (χ2v) is 5.31. The highest BCUT2D eigenvalue weighted by atomic mass is 35.5. The van der Waals surface area contributed by atoms with E-state index in [0.717, 1.165) is 40.9 Å². The molecule has 1 amide bonds. The summed E-state index contributed by atoms with van der Waals surface area (Å²) in [6, 6.07) is 5.72. The zero-order valence-corrected chi connectivity index (χ0v) is 11.3. The zero-order chi connectivity index (χ0) is 13.2. The molecule has 1 saturated heterocycles. The first-order valence-electron chi connectivity index (χ1n) is 6.50. The number of carbonyl (C=O) groups is 1. The SMILES string of the molecule is O=C1NCCCC1NCc1c[nH]c2cc(Cl)ccc12. The molecule has 0 aliphatic carbocycles. The molecule has 1 aliphatic heterocycles. The van der Waals surface area contributed by atoms with Crippen LogP contribution in [-0.4, -0.2) is 23.5 Å². The van der Waals surface area contributed by atoms with Crippen molar-refractivity contribution in [1.82, 2.24) is 15.6 Å². The molecular weight excluding hydrogens is 262 g/mol. The summed E-state index contributed by atoms with van der Waals surface area (Å²) in [4.78, 5) is 14.9. The summed E-state index contributed by atoms with van der Waals surface area (Å²) in [6.07, 6.45) is 3.90. The number of fused-ring (bicyclic) bond motifs is 1.